The first-order valence-electron chi connectivity index (χ1n) is 9.65. The lowest BCUT2D eigenvalue weighted by Crippen LogP contribution is -2.53. The smallest absolute Gasteiger partial charge is 0.188 e. The van der Waals surface area contributed by atoms with Crippen molar-refractivity contribution in [2.45, 2.75) is 35.0 Å². The Labute approximate surface area is 178 Å². The van der Waals surface area contributed by atoms with Crippen LogP contribution in [0.5, 0.6) is 5.75 Å². The summed E-state index contributed by atoms with van der Waals surface area (Å²) in [6.07, 6.45) is 0.327. The van der Waals surface area contributed by atoms with Gasteiger partial charge >= 0.3 is 0 Å². The van der Waals surface area contributed by atoms with Crippen molar-refractivity contribution in [3.63, 3.8) is 0 Å². The molecule has 1 fully saturated rings. The Bertz CT molecular complexity index is 1040. The number of benzene rings is 2. The van der Waals surface area contributed by atoms with E-state index in [1.54, 1.807) is 0 Å². The molecule has 0 spiro atoms. The van der Waals surface area contributed by atoms with Gasteiger partial charge in [-0.25, -0.2) is 17.2 Å². The average molecular weight is 459 g/mol. The predicted molar refractivity (Wildman–Crippen MR) is 106 cm³/mol. The molecule has 1 saturated carbocycles. The van der Waals surface area contributed by atoms with E-state index in [0.29, 0.717) is 11.4 Å². The summed E-state index contributed by atoms with van der Waals surface area (Å²) in [5.41, 5.74) is -0.255. The van der Waals surface area contributed by atoms with E-state index in [4.69, 9.17) is 26.2 Å². The first-order valence-corrected chi connectivity index (χ1v) is 11.5. The van der Waals surface area contributed by atoms with Crippen molar-refractivity contribution in [1.82, 2.24) is 0 Å². The van der Waals surface area contributed by atoms with Crippen LogP contribution in [0.1, 0.15) is 24.8 Å². The maximum Gasteiger partial charge on any atom is 0.188 e. The number of fused-ring (bicyclic) bond motifs is 3. The van der Waals surface area contributed by atoms with Gasteiger partial charge in [0.15, 0.2) is 21.4 Å². The molecule has 0 saturated heterocycles. The van der Waals surface area contributed by atoms with Gasteiger partial charge in [-0.3, -0.25) is 0 Å². The van der Waals surface area contributed by atoms with Crippen LogP contribution in [-0.2, 0) is 19.3 Å². The molecular weight excluding hydrogens is 438 g/mol. The van der Waals surface area contributed by atoms with E-state index in [1.807, 2.05) is 0 Å². The van der Waals surface area contributed by atoms with Gasteiger partial charge in [0.2, 0.25) is 0 Å². The molecule has 1 heterocycles. The summed E-state index contributed by atoms with van der Waals surface area (Å²) in [5.74, 6) is -2.62. The molecule has 0 bridgehead atoms. The number of aliphatic hydroxyl groups excluding tert-OH is 1. The largest absolute Gasteiger partial charge is 0.490 e. The number of halogens is 3. The Morgan fingerprint density at radius 1 is 1.17 bits per heavy atom. The van der Waals surface area contributed by atoms with E-state index in [2.05, 4.69) is 0 Å². The number of hydrogen-bond acceptors (Lipinski definition) is 5. The summed E-state index contributed by atoms with van der Waals surface area (Å²) < 4.78 is 66.9. The molecule has 2 aromatic rings. The molecule has 2 aromatic carbocycles. The Balaban J connectivity index is 1.90. The molecule has 1 N–H and O–H groups in total. The fourth-order valence-corrected chi connectivity index (χ4v) is 7.16. The maximum absolute atomic E-state index is 15.1. The predicted octanol–water partition coefficient (Wildman–Crippen LogP) is 3.86. The molecule has 0 amide bonds. The van der Waals surface area contributed by atoms with Crippen LogP contribution in [0.15, 0.2) is 41.3 Å². The molecule has 0 radical (unpaired) electrons. The molecule has 9 heteroatoms. The summed E-state index contributed by atoms with van der Waals surface area (Å²) in [6.45, 7) is -0.123. The molecule has 0 aromatic heterocycles. The Morgan fingerprint density at radius 3 is 2.57 bits per heavy atom. The van der Waals surface area contributed by atoms with Crippen LogP contribution in [0, 0.1) is 17.6 Å². The summed E-state index contributed by atoms with van der Waals surface area (Å²) in [5, 5.41) is 9.40. The van der Waals surface area contributed by atoms with Crippen LogP contribution in [-0.4, -0.2) is 39.4 Å². The van der Waals surface area contributed by atoms with E-state index in [-0.39, 0.29) is 55.0 Å². The highest BCUT2D eigenvalue weighted by Gasteiger charge is 2.59. The van der Waals surface area contributed by atoms with Gasteiger partial charge in [0.1, 0.15) is 10.6 Å². The molecule has 3 atom stereocenters. The number of rotatable bonds is 5. The second kappa shape index (κ2) is 8.07. The molecule has 1 aliphatic carbocycles. The monoisotopic (exact) mass is 458 g/mol. The van der Waals surface area contributed by atoms with Crippen molar-refractivity contribution in [3.8, 4) is 5.75 Å². The Kier molecular flexibility index (Phi) is 5.78. The van der Waals surface area contributed by atoms with Crippen molar-refractivity contribution < 1.29 is 31.8 Å². The van der Waals surface area contributed by atoms with Gasteiger partial charge in [-0.05, 0) is 55.7 Å². The van der Waals surface area contributed by atoms with Gasteiger partial charge in [0, 0.05) is 10.9 Å². The van der Waals surface area contributed by atoms with Gasteiger partial charge in [-0.15, -0.1) is 0 Å². The standard InChI is InChI=1S/C21H21ClF2O5S/c22-14-1-3-16(4-2-14)30(26,27)21-8-7-15(28-10-9-25)11-13(21)12-29-20-18(24)6-5-17(23)19(20)21/h1-6,13,15,25H,7-12H2/t13-,15-,21+/m1/s1. The molecule has 162 valence electrons. The van der Waals surface area contributed by atoms with Crippen LogP contribution in [0.3, 0.4) is 0 Å². The van der Waals surface area contributed by atoms with Gasteiger partial charge < -0.3 is 14.6 Å². The summed E-state index contributed by atoms with van der Waals surface area (Å²) in [7, 11) is -4.15. The number of sulfone groups is 1. The fourth-order valence-electron chi connectivity index (χ4n) is 4.67. The normalized spacial score (nSPS) is 25.9. The van der Waals surface area contributed by atoms with Crippen molar-refractivity contribution >= 4 is 21.4 Å². The van der Waals surface area contributed by atoms with Gasteiger partial charge in [0.25, 0.3) is 0 Å². The van der Waals surface area contributed by atoms with Crippen molar-refractivity contribution in [3.05, 3.63) is 58.6 Å². The van der Waals surface area contributed by atoms with Crippen molar-refractivity contribution in [2.75, 3.05) is 19.8 Å². The lowest BCUT2D eigenvalue weighted by atomic mass is 9.72. The molecule has 1 aliphatic heterocycles. The third kappa shape index (κ3) is 3.30. The van der Waals surface area contributed by atoms with E-state index in [0.717, 1.165) is 12.1 Å². The van der Waals surface area contributed by atoms with E-state index >= 15 is 4.39 Å². The highest BCUT2D eigenvalue weighted by molar-refractivity contribution is 7.92. The molecular formula is C21H21ClF2O5S. The van der Waals surface area contributed by atoms with Gasteiger partial charge in [-0.1, -0.05) is 11.6 Å². The van der Waals surface area contributed by atoms with E-state index < -0.39 is 32.1 Å². The van der Waals surface area contributed by atoms with Gasteiger partial charge in [-0.2, -0.15) is 0 Å². The third-order valence-corrected chi connectivity index (χ3v) is 8.85. The van der Waals surface area contributed by atoms with Crippen molar-refractivity contribution in [2.24, 2.45) is 5.92 Å². The summed E-state index contributed by atoms with van der Waals surface area (Å²) in [6, 6.07) is 7.55. The molecule has 5 nitrogen and oxygen atoms in total. The van der Waals surface area contributed by atoms with E-state index in [9.17, 15) is 12.8 Å². The number of ether oxygens (including phenoxy) is 2. The molecule has 2 aliphatic rings. The first kappa shape index (κ1) is 21.5. The minimum atomic E-state index is -4.15. The topological polar surface area (TPSA) is 72.8 Å². The van der Waals surface area contributed by atoms with Crippen LogP contribution >= 0.6 is 11.6 Å². The minimum Gasteiger partial charge on any atom is -0.490 e. The molecule has 4 rings (SSSR count). The molecule has 30 heavy (non-hydrogen) atoms. The first-order chi connectivity index (χ1) is 14.3. The quantitative estimate of drug-likeness (QED) is 0.736. The van der Waals surface area contributed by atoms with Crippen LogP contribution in [0.25, 0.3) is 0 Å². The SMILES string of the molecule is O=S(=O)(c1ccc(Cl)cc1)[C@@]12CC[C@@H](OCCO)C[C@@H]1COc1c(F)ccc(F)c12. The summed E-state index contributed by atoms with van der Waals surface area (Å²) >= 11 is 5.92. The second-order valence-corrected chi connectivity index (χ2v) is 10.2. The van der Waals surface area contributed by atoms with E-state index in [1.165, 1.54) is 24.3 Å². The minimum absolute atomic E-state index is 0.0110. The average Bonchev–Trinajstić information content (AvgIpc) is 2.74. The van der Waals surface area contributed by atoms with Crippen LogP contribution in [0.4, 0.5) is 8.78 Å². The zero-order valence-electron chi connectivity index (χ0n) is 16.0. The van der Waals surface area contributed by atoms with Crippen LogP contribution in [0.2, 0.25) is 5.02 Å². The number of hydrogen-bond donors (Lipinski definition) is 1. The zero-order chi connectivity index (χ0) is 21.5. The summed E-state index contributed by atoms with van der Waals surface area (Å²) in [4.78, 5) is -0.0110. The highest BCUT2D eigenvalue weighted by atomic mass is 35.5. The Hall–Kier alpha value is -1.74. The fraction of sp³-hybridized carbons (Fsp3) is 0.429. The second-order valence-electron chi connectivity index (χ2n) is 7.58. The lowest BCUT2D eigenvalue weighted by molar-refractivity contribution is -0.0267. The molecule has 0 unspecified atom stereocenters. The Morgan fingerprint density at radius 2 is 1.87 bits per heavy atom. The number of aliphatic hydroxyl groups is 1. The zero-order valence-corrected chi connectivity index (χ0v) is 17.6. The van der Waals surface area contributed by atoms with Crippen LogP contribution < -0.4 is 4.74 Å². The maximum atomic E-state index is 15.1. The van der Waals surface area contributed by atoms with Crippen molar-refractivity contribution in [1.29, 1.82) is 0 Å². The van der Waals surface area contributed by atoms with Gasteiger partial charge in [0.05, 0.1) is 36.4 Å². The lowest BCUT2D eigenvalue weighted by Gasteiger charge is -2.48. The highest BCUT2D eigenvalue weighted by Crippen LogP contribution is 2.56. The third-order valence-electron chi connectivity index (χ3n) is 6.00.